The zero-order valence-corrected chi connectivity index (χ0v) is 20.4. The molecule has 0 heterocycles. The van der Waals surface area contributed by atoms with E-state index in [4.69, 9.17) is 14.2 Å². The summed E-state index contributed by atoms with van der Waals surface area (Å²) >= 11 is 0. The van der Waals surface area contributed by atoms with Crippen molar-refractivity contribution >= 4 is 0 Å². The highest BCUT2D eigenvalue weighted by atomic mass is 16.5. The first-order chi connectivity index (χ1) is 14.8. The fourth-order valence-corrected chi connectivity index (χ4v) is 3.48. The number of unbranched alkanes of at least 4 members (excludes halogenated alkanes) is 9. The quantitative estimate of drug-likeness (QED) is 0.198. The number of rotatable bonds is 20. The van der Waals surface area contributed by atoms with Crippen molar-refractivity contribution in [3.05, 3.63) is 17.7 Å². The molecule has 0 radical (unpaired) electrons. The summed E-state index contributed by atoms with van der Waals surface area (Å²) in [7, 11) is 0. The molecule has 0 unspecified atom stereocenters. The van der Waals surface area contributed by atoms with Crippen LogP contribution in [0.4, 0.5) is 0 Å². The molecule has 0 saturated heterocycles. The Balaban J connectivity index is 2.96. The summed E-state index contributed by atoms with van der Waals surface area (Å²) in [5.74, 6) is 2.57. The van der Waals surface area contributed by atoms with Crippen LogP contribution in [0, 0.1) is 0 Å². The minimum Gasteiger partial charge on any atom is -0.490 e. The average Bonchev–Trinajstić information content (AvgIpc) is 2.76. The standard InChI is InChI=1S/C27H48O3/c1-5-9-13-14-18-24-22-25(28-19-15-10-6-2)27(30-21-17-12-8-4)26(23-24)29-20-16-11-7-3/h22-23H,5-21H2,1-4H3. The molecular formula is C27H48O3. The van der Waals surface area contributed by atoms with Crippen molar-refractivity contribution in [2.45, 2.75) is 118 Å². The lowest BCUT2D eigenvalue weighted by atomic mass is 10.0. The molecule has 0 aliphatic heterocycles. The number of benzene rings is 1. The largest absolute Gasteiger partial charge is 0.490 e. The lowest BCUT2D eigenvalue weighted by Gasteiger charge is -2.19. The average molecular weight is 421 g/mol. The Bertz CT molecular complexity index is 494. The van der Waals surface area contributed by atoms with E-state index in [9.17, 15) is 0 Å². The van der Waals surface area contributed by atoms with Crippen LogP contribution in [-0.2, 0) is 6.42 Å². The smallest absolute Gasteiger partial charge is 0.203 e. The van der Waals surface area contributed by atoms with E-state index in [1.54, 1.807) is 0 Å². The highest BCUT2D eigenvalue weighted by Crippen LogP contribution is 2.40. The molecule has 1 aromatic carbocycles. The van der Waals surface area contributed by atoms with Gasteiger partial charge in [0.25, 0.3) is 0 Å². The summed E-state index contributed by atoms with van der Waals surface area (Å²) in [6.07, 6.45) is 16.6. The molecule has 3 heteroatoms. The second-order valence-corrected chi connectivity index (χ2v) is 8.40. The van der Waals surface area contributed by atoms with Gasteiger partial charge >= 0.3 is 0 Å². The zero-order valence-electron chi connectivity index (χ0n) is 20.4. The molecule has 0 saturated carbocycles. The predicted molar refractivity (Wildman–Crippen MR) is 129 cm³/mol. The van der Waals surface area contributed by atoms with Crippen molar-refractivity contribution in [3.63, 3.8) is 0 Å². The van der Waals surface area contributed by atoms with Gasteiger partial charge in [0.15, 0.2) is 11.5 Å². The van der Waals surface area contributed by atoms with Gasteiger partial charge in [0.2, 0.25) is 5.75 Å². The van der Waals surface area contributed by atoms with Gasteiger partial charge in [-0.1, -0.05) is 85.5 Å². The molecule has 0 fully saturated rings. The molecule has 0 amide bonds. The number of aryl methyl sites for hydroxylation is 1. The van der Waals surface area contributed by atoms with Gasteiger partial charge in [-0.25, -0.2) is 0 Å². The maximum atomic E-state index is 6.23. The molecule has 0 aliphatic rings. The zero-order chi connectivity index (χ0) is 21.9. The summed E-state index contributed by atoms with van der Waals surface area (Å²) in [5, 5.41) is 0. The fraction of sp³-hybridized carbons (Fsp3) is 0.778. The van der Waals surface area contributed by atoms with Crippen LogP contribution < -0.4 is 14.2 Å². The first-order valence-corrected chi connectivity index (χ1v) is 12.8. The van der Waals surface area contributed by atoms with Crippen molar-refractivity contribution in [1.82, 2.24) is 0 Å². The van der Waals surface area contributed by atoms with Gasteiger partial charge in [-0.05, 0) is 49.8 Å². The third kappa shape index (κ3) is 11.7. The number of ether oxygens (including phenoxy) is 3. The second kappa shape index (κ2) is 18.4. The van der Waals surface area contributed by atoms with E-state index in [0.29, 0.717) is 0 Å². The summed E-state index contributed by atoms with van der Waals surface area (Å²) in [5.41, 5.74) is 1.31. The monoisotopic (exact) mass is 420 g/mol. The van der Waals surface area contributed by atoms with Crippen LogP contribution in [0.2, 0.25) is 0 Å². The predicted octanol–water partition coefficient (Wildman–Crippen LogP) is 8.52. The van der Waals surface area contributed by atoms with Gasteiger partial charge in [-0.15, -0.1) is 0 Å². The van der Waals surface area contributed by atoms with Crippen molar-refractivity contribution < 1.29 is 14.2 Å². The normalized spacial score (nSPS) is 10.9. The first kappa shape index (κ1) is 26.7. The minimum atomic E-state index is 0.723. The summed E-state index contributed by atoms with van der Waals surface area (Å²) in [6, 6.07) is 4.40. The number of hydrogen-bond donors (Lipinski definition) is 0. The van der Waals surface area contributed by atoms with Crippen LogP contribution in [0.15, 0.2) is 12.1 Å². The molecule has 0 spiro atoms. The van der Waals surface area contributed by atoms with E-state index in [0.717, 1.165) is 62.8 Å². The maximum Gasteiger partial charge on any atom is 0.203 e. The molecule has 30 heavy (non-hydrogen) atoms. The van der Waals surface area contributed by atoms with Gasteiger partial charge in [-0.2, -0.15) is 0 Å². The summed E-state index contributed by atoms with van der Waals surface area (Å²) in [6.45, 7) is 11.1. The molecule has 0 N–H and O–H groups in total. The van der Waals surface area contributed by atoms with Gasteiger partial charge in [0.05, 0.1) is 19.8 Å². The van der Waals surface area contributed by atoms with Crippen LogP contribution in [0.3, 0.4) is 0 Å². The van der Waals surface area contributed by atoms with Crippen LogP contribution in [0.25, 0.3) is 0 Å². The van der Waals surface area contributed by atoms with Gasteiger partial charge in [0.1, 0.15) is 0 Å². The Morgan fingerprint density at radius 3 is 1.40 bits per heavy atom. The Kier molecular flexibility index (Phi) is 16.3. The fourth-order valence-electron chi connectivity index (χ4n) is 3.48. The van der Waals surface area contributed by atoms with Crippen LogP contribution >= 0.6 is 0 Å². The molecule has 0 atom stereocenters. The molecular weight excluding hydrogens is 372 g/mol. The minimum absolute atomic E-state index is 0.723. The Labute approximate surface area is 186 Å². The Hall–Kier alpha value is -1.38. The molecule has 3 nitrogen and oxygen atoms in total. The topological polar surface area (TPSA) is 27.7 Å². The van der Waals surface area contributed by atoms with Crippen molar-refractivity contribution in [1.29, 1.82) is 0 Å². The third-order valence-electron chi connectivity index (χ3n) is 5.40. The van der Waals surface area contributed by atoms with Crippen molar-refractivity contribution in [2.24, 2.45) is 0 Å². The lowest BCUT2D eigenvalue weighted by Crippen LogP contribution is -2.07. The van der Waals surface area contributed by atoms with E-state index >= 15 is 0 Å². The molecule has 174 valence electrons. The molecule has 0 bridgehead atoms. The first-order valence-electron chi connectivity index (χ1n) is 12.8. The number of hydrogen-bond acceptors (Lipinski definition) is 3. The van der Waals surface area contributed by atoms with E-state index in [-0.39, 0.29) is 0 Å². The second-order valence-electron chi connectivity index (χ2n) is 8.40. The van der Waals surface area contributed by atoms with E-state index in [2.05, 4.69) is 39.8 Å². The highest BCUT2D eigenvalue weighted by molar-refractivity contribution is 5.54. The van der Waals surface area contributed by atoms with Gasteiger partial charge in [0, 0.05) is 0 Å². The molecule has 0 aliphatic carbocycles. The summed E-state index contributed by atoms with van der Waals surface area (Å²) < 4.78 is 18.7. The highest BCUT2D eigenvalue weighted by Gasteiger charge is 2.16. The van der Waals surface area contributed by atoms with Crippen molar-refractivity contribution in [3.8, 4) is 17.2 Å². The summed E-state index contributed by atoms with van der Waals surface area (Å²) in [4.78, 5) is 0. The molecule has 1 aromatic rings. The van der Waals surface area contributed by atoms with E-state index < -0.39 is 0 Å². The van der Waals surface area contributed by atoms with E-state index in [1.807, 2.05) is 0 Å². The maximum absolute atomic E-state index is 6.23. The molecule has 1 rings (SSSR count). The van der Waals surface area contributed by atoms with E-state index in [1.165, 1.54) is 69.8 Å². The van der Waals surface area contributed by atoms with Crippen LogP contribution in [0.1, 0.15) is 117 Å². The van der Waals surface area contributed by atoms with Crippen LogP contribution in [0.5, 0.6) is 17.2 Å². The SMILES string of the molecule is CCCCCCc1cc(OCCCCC)c(OCCCCC)c(OCCCCC)c1. The van der Waals surface area contributed by atoms with Gasteiger partial charge in [-0.3, -0.25) is 0 Å². The van der Waals surface area contributed by atoms with Gasteiger partial charge < -0.3 is 14.2 Å². The Morgan fingerprint density at radius 1 is 0.500 bits per heavy atom. The van der Waals surface area contributed by atoms with Crippen molar-refractivity contribution in [2.75, 3.05) is 19.8 Å². The lowest BCUT2D eigenvalue weighted by molar-refractivity contribution is 0.235. The van der Waals surface area contributed by atoms with Crippen LogP contribution in [-0.4, -0.2) is 19.8 Å². The Morgan fingerprint density at radius 2 is 0.933 bits per heavy atom. The molecule has 0 aromatic heterocycles. The third-order valence-corrected chi connectivity index (χ3v) is 5.40.